The van der Waals surface area contributed by atoms with E-state index in [9.17, 15) is 9.59 Å². The summed E-state index contributed by atoms with van der Waals surface area (Å²) in [5, 5.41) is 14.2. The van der Waals surface area contributed by atoms with Crippen molar-refractivity contribution >= 4 is 23.4 Å². The number of aromatic nitrogens is 2. The Morgan fingerprint density at radius 1 is 1.19 bits per heavy atom. The largest absolute Gasteiger partial charge is 0.351 e. The van der Waals surface area contributed by atoms with Crippen molar-refractivity contribution in [3.63, 3.8) is 0 Å². The van der Waals surface area contributed by atoms with Crippen LogP contribution in [0.1, 0.15) is 18.5 Å². The maximum Gasteiger partial charge on any atom is 0.319 e. The highest BCUT2D eigenvalue weighted by atomic mass is 16.2. The standard InChI is InChI=1S/C13H16N6O2/c1-8(17-13(21)19-11-6-15-16-7-11)9-2-4-10(5-3-9)18-12(14)20/h2-8H,1H3,(H,15,16)(H3,14,18,20)(H2,17,19,21)/t8-/m0/s1. The molecule has 0 saturated heterocycles. The molecule has 0 bridgehead atoms. The molecule has 0 aliphatic heterocycles. The van der Waals surface area contributed by atoms with Crippen LogP contribution in [-0.2, 0) is 0 Å². The van der Waals surface area contributed by atoms with E-state index in [1.807, 2.05) is 6.92 Å². The summed E-state index contributed by atoms with van der Waals surface area (Å²) in [5.74, 6) is 0. The Labute approximate surface area is 121 Å². The average Bonchev–Trinajstić information content (AvgIpc) is 2.91. The van der Waals surface area contributed by atoms with Gasteiger partial charge in [-0.3, -0.25) is 5.10 Å². The molecule has 0 saturated carbocycles. The fraction of sp³-hybridized carbons (Fsp3) is 0.154. The van der Waals surface area contributed by atoms with E-state index >= 15 is 0 Å². The SMILES string of the molecule is C[C@H](NC(=O)Nc1cn[nH]c1)c1ccc(NC(N)=O)cc1. The predicted octanol–water partition coefficient (Wildman–Crippen LogP) is 1.78. The van der Waals surface area contributed by atoms with E-state index in [0.29, 0.717) is 11.4 Å². The molecule has 1 aromatic carbocycles. The summed E-state index contributed by atoms with van der Waals surface area (Å²) in [5.41, 5.74) is 7.11. The van der Waals surface area contributed by atoms with Gasteiger partial charge in [0.1, 0.15) is 0 Å². The summed E-state index contributed by atoms with van der Waals surface area (Å²) < 4.78 is 0. The van der Waals surface area contributed by atoms with Gasteiger partial charge in [0, 0.05) is 11.9 Å². The number of benzene rings is 1. The van der Waals surface area contributed by atoms with Gasteiger partial charge in [-0.05, 0) is 24.6 Å². The maximum atomic E-state index is 11.8. The molecule has 0 aliphatic carbocycles. The van der Waals surface area contributed by atoms with Crippen molar-refractivity contribution in [1.82, 2.24) is 15.5 Å². The molecule has 8 nitrogen and oxygen atoms in total. The maximum absolute atomic E-state index is 11.8. The first kappa shape index (κ1) is 14.4. The number of H-pyrrole nitrogens is 1. The van der Waals surface area contributed by atoms with E-state index in [0.717, 1.165) is 5.56 Å². The van der Waals surface area contributed by atoms with Crippen molar-refractivity contribution in [3.05, 3.63) is 42.2 Å². The lowest BCUT2D eigenvalue weighted by Crippen LogP contribution is -2.31. The number of nitrogens with zero attached hydrogens (tertiary/aromatic N) is 1. The highest BCUT2D eigenvalue weighted by molar-refractivity contribution is 5.89. The zero-order valence-corrected chi connectivity index (χ0v) is 11.4. The number of urea groups is 2. The lowest BCUT2D eigenvalue weighted by atomic mass is 10.1. The molecule has 1 heterocycles. The fourth-order valence-corrected chi connectivity index (χ4v) is 1.76. The van der Waals surface area contributed by atoms with E-state index in [1.54, 1.807) is 30.5 Å². The average molecular weight is 288 g/mol. The van der Waals surface area contributed by atoms with Crippen LogP contribution in [0.4, 0.5) is 21.0 Å². The third-order valence-electron chi connectivity index (χ3n) is 2.78. The summed E-state index contributed by atoms with van der Waals surface area (Å²) in [6, 6.07) is 5.89. The van der Waals surface area contributed by atoms with Gasteiger partial charge >= 0.3 is 12.1 Å². The molecule has 2 aromatic rings. The molecule has 110 valence electrons. The van der Waals surface area contributed by atoms with Crippen molar-refractivity contribution in [2.75, 3.05) is 10.6 Å². The summed E-state index contributed by atoms with van der Waals surface area (Å²) in [7, 11) is 0. The molecule has 0 aliphatic rings. The summed E-state index contributed by atoms with van der Waals surface area (Å²) >= 11 is 0. The van der Waals surface area contributed by atoms with Crippen LogP contribution in [0.3, 0.4) is 0 Å². The molecule has 2 rings (SSSR count). The second-order valence-electron chi connectivity index (χ2n) is 4.42. The van der Waals surface area contributed by atoms with Gasteiger partial charge in [0.25, 0.3) is 0 Å². The number of amides is 4. The van der Waals surface area contributed by atoms with Gasteiger partial charge in [-0.2, -0.15) is 5.10 Å². The van der Waals surface area contributed by atoms with Crippen molar-refractivity contribution in [3.8, 4) is 0 Å². The third kappa shape index (κ3) is 4.23. The molecule has 0 spiro atoms. The summed E-state index contributed by atoms with van der Waals surface area (Å²) in [6.45, 7) is 1.85. The Balaban J connectivity index is 1.91. The van der Waals surface area contributed by atoms with Crippen molar-refractivity contribution in [2.45, 2.75) is 13.0 Å². The number of hydrogen-bond acceptors (Lipinski definition) is 3. The van der Waals surface area contributed by atoms with Crippen molar-refractivity contribution < 1.29 is 9.59 Å². The van der Waals surface area contributed by atoms with E-state index in [2.05, 4.69) is 26.1 Å². The highest BCUT2D eigenvalue weighted by Gasteiger charge is 2.10. The Morgan fingerprint density at radius 2 is 1.90 bits per heavy atom. The summed E-state index contributed by atoms with van der Waals surface area (Å²) in [4.78, 5) is 22.5. The number of nitrogens with two attached hydrogens (primary N) is 1. The number of nitrogens with one attached hydrogen (secondary N) is 4. The van der Waals surface area contributed by atoms with Gasteiger partial charge < -0.3 is 21.7 Å². The third-order valence-corrected chi connectivity index (χ3v) is 2.78. The Morgan fingerprint density at radius 3 is 2.48 bits per heavy atom. The quantitative estimate of drug-likeness (QED) is 0.588. The highest BCUT2D eigenvalue weighted by Crippen LogP contribution is 2.16. The molecular formula is C13H16N6O2. The molecule has 8 heteroatoms. The second kappa shape index (κ2) is 6.42. The molecule has 0 fully saturated rings. The monoisotopic (exact) mass is 288 g/mol. The first-order valence-corrected chi connectivity index (χ1v) is 6.27. The molecule has 6 N–H and O–H groups in total. The van der Waals surface area contributed by atoms with Crippen LogP contribution < -0.4 is 21.7 Å². The van der Waals surface area contributed by atoms with Crippen molar-refractivity contribution in [2.24, 2.45) is 5.73 Å². The molecule has 4 amide bonds. The number of anilines is 2. The zero-order valence-electron chi connectivity index (χ0n) is 11.4. The molecule has 1 atom stereocenters. The van der Waals surface area contributed by atoms with E-state index in [4.69, 9.17) is 5.73 Å². The summed E-state index contributed by atoms with van der Waals surface area (Å²) in [6.07, 6.45) is 3.09. The van der Waals surface area contributed by atoms with E-state index < -0.39 is 6.03 Å². The Kier molecular flexibility index (Phi) is 4.39. The smallest absolute Gasteiger partial charge is 0.319 e. The van der Waals surface area contributed by atoms with Crippen LogP contribution in [0.25, 0.3) is 0 Å². The fourth-order valence-electron chi connectivity index (χ4n) is 1.76. The van der Waals surface area contributed by atoms with Gasteiger partial charge in [0.2, 0.25) is 0 Å². The molecular weight excluding hydrogens is 272 g/mol. The number of carbonyl (C=O) groups is 2. The lowest BCUT2D eigenvalue weighted by Gasteiger charge is -2.15. The zero-order chi connectivity index (χ0) is 15.2. The lowest BCUT2D eigenvalue weighted by molar-refractivity contribution is 0.249. The molecule has 21 heavy (non-hydrogen) atoms. The van der Waals surface area contributed by atoms with Crippen LogP contribution in [0.5, 0.6) is 0 Å². The second-order valence-corrected chi connectivity index (χ2v) is 4.42. The van der Waals surface area contributed by atoms with E-state index in [-0.39, 0.29) is 12.1 Å². The van der Waals surface area contributed by atoms with Crippen LogP contribution in [0, 0.1) is 0 Å². The van der Waals surface area contributed by atoms with Crippen LogP contribution in [-0.4, -0.2) is 22.3 Å². The van der Waals surface area contributed by atoms with Crippen molar-refractivity contribution in [1.29, 1.82) is 0 Å². The van der Waals surface area contributed by atoms with Gasteiger partial charge in [-0.15, -0.1) is 0 Å². The Hall–Kier alpha value is -3.03. The van der Waals surface area contributed by atoms with Crippen LogP contribution in [0.2, 0.25) is 0 Å². The minimum Gasteiger partial charge on any atom is -0.351 e. The predicted molar refractivity (Wildman–Crippen MR) is 78.8 cm³/mol. The van der Waals surface area contributed by atoms with Crippen LogP contribution >= 0.6 is 0 Å². The number of hydrogen-bond donors (Lipinski definition) is 5. The van der Waals surface area contributed by atoms with Gasteiger partial charge in [0.15, 0.2) is 0 Å². The number of aromatic amines is 1. The molecule has 0 unspecified atom stereocenters. The van der Waals surface area contributed by atoms with Gasteiger partial charge in [-0.25, -0.2) is 9.59 Å². The minimum atomic E-state index is -0.617. The molecule has 1 aromatic heterocycles. The number of carbonyl (C=O) groups excluding carboxylic acids is 2. The topological polar surface area (TPSA) is 125 Å². The minimum absolute atomic E-state index is 0.195. The first-order valence-electron chi connectivity index (χ1n) is 6.27. The van der Waals surface area contributed by atoms with Gasteiger partial charge in [0.05, 0.1) is 17.9 Å². The number of primary amides is 1. The first-order chi connectivity index (χ1) is 10.0. The van der Waals surface area contributed by atoms with Crippen LogP contribution in [0.15, 0.2) is 36.7 Å². The Bertz CT molecular complexity index is 608. The van der Waals surface area contributed by atoms with Gasteiger partial charge in [-0.1, -0.05) is 12.1 Å². The van der Waals surface area contributed by atoms with E-state index in [1.165, 1.54) is 6.20 Å². The number of rotatable bonds is 4. The normalized spacial score (nSPS) is 11.5. The molecule has 0 radical (unpaired) electrons.